The van der Waals surface area contributed by atoms with Crippen LogP contribution in [0.4, 0.5) is 4.39 Å². The SMILES string of the molecule is OC(Cc1ccc(Br)cc1F)c1ccc(Br)cc1Br. The van der Waals surface area contributed by atoms with Gasteiger partial charge in [-0.25, -0.2) is 4.39 Å². The highest BCUT2D eigenvalue weighted by Gasteiger charge is 2.14. The molecule has 0 radical (unpaired) electrons. The molecule has 0 amide bonds. The van der Waals surface area contributed by atoms with E-state index in [0.717, 1.165) is 14.5 Å². The molecule has 0 fully saturated rings. The van der Waals surface area contributed by atoms with E-state index in [1.807, 2.05) is 18.2 Å². The average Bonchev–Trinajstić information content (AvgIpc) is 2.32. The van der Waals surface area contributed by atoms with E-state index in [-0.39, 0.29) is 12.2 Å². The van der Waals surface area contributed by atoms with Crippen LogP contribution in [0.1, 0.15) is 17.2 Å². The van der Waals surface area contributed by atoms with E-state index < -0.39 is 6.10 Å². The normalized spacial score (nSPS) is 12.5. The van der Waals surface area contributed by atoms with Crippen molar-refractivity contribution in [3.8, 4) is 0 Å². The van der Waals surface area contributed by atoms with Crippen LogP contribution < -0.4 is 0 Å². The van der Waals surface area contributed by atoms with E-state index in [1.165, 1.54) is 6.07 Å². The van der Waals surface area contributed by atoms with Crippen LogP contribution in [0.15, 0.2) is 49.8 Å². The molecule has 100 valence electrons. The number of hydrogen-bond acceptors (Lipinski definition) is 1. The highest BCUT2D eigenvalue weighted by molar-refractivity contribution is 9.11. The van der Waals surface area contributed by atoms with Gasteiger partial charge in [0.25, 0.3) is 0 Å². The molecule has 0 spiro atoms. The Bertz CT molecular complexity index is 601. The molecule has 1 atom stereocenters. The molecule has 0 bridgehead atoms. The van der Waals surface area contributed by atoms with Crippen LogP contribution in [0, 0.1) is 5.82 Å². The van der Waals surface area contributed by atoms with Crippen molar-refractivity contribution in [2.24, 2.45) is 0 Å². The summed E-state index contributed by atoms with van der Waals surface area (Å²) in [6.45, 7) is 0. The van der Waals surface area contributed by atoms with Crippen LogP contribution in [-0.4, -0.2) is 5.11 Å². The van der Waals surface area contributed by atoms with Crippen LogP contribution in [-0.2, 0) is 6.42 Å². The zero-order valence-electron chi connectivity index (χ0n) is 9.71. The molecular weight excluding hydrogens is 443 g/mol. The Kier molecular flexibility index (Phi) is 5.17. The lowest BCUT2D eigenvalue weighted by molar-refractivity contribution is 0.176. The van der Waals surface area contributed by atoms with Crippen molar-refractivity contribution in [2.45, 2.75) is 12.5 Å². The van der Waals surface area contributed by atoms with Crippen molar-refractivity contribution in [1.29, 1.82) is 0 Å². The van der Waals surface area contributed by atoms with Gasteiger partial charge in [0.05, 0.1) is 6.10 Å². The van der Waals surface area contributed by atoms with Crippen LogP contribution in [0.5, 0.6) is 0 Å². The van der Waals surface area contributed by atoms with E-state index in [9.17, 15) is 9.50 Å². The summed E-state index contributed by atoms with van der Waals surface area (Å²) in [5.41, 5.74) is 1.23. The van der Waals surface area contributed by atoms with E-state index >= 15 is 0 Å². The quantitative estimate of drug-likeness (QED) is 0.662. The summed E-state index contributed by atoms with van der Waals surface area (Å²) in [7, 11) is 0. The molecule has 0 aromatic heterocycles. The summed E-state index contributed by atoms with van der Waals surface area (Å²) in [4.78, 5) is 0. The molecule has 2 aromatic carbocycles. The van der Waals surface area contributed by atoms with Gasteiger partial charge >= 0.3 is 0 Å². The van der Waals surface area contributed by atoms with E-state index in [2.05, 4.69) is 47.8 Å². The molecular formula is C14H10Br3FO. The molecule has 0 heterocycles. The summed E-state index contributed by atoms with van der Waals surface area (Å²) in [5, 5.41) is 10.2. The predicted molar refractivity (Wildman–Crippen MR) is 84.6 cm³/mol. The predicted octanol–water partition coefficient (Wildman–Crippen LogP) is 5.39. The standard InChI is InChI=1S/C14H10Br3FO/c15-9-3-4-11(12(17)6-9)14(19)5-8-1-2-10(16)7-13(8)18/h1-4,6-7,14,19H,5H2. The smallest absolute Gasteiger partial charge is 0.127 e. The number of benzene rings is 2. The maximum Gasteiger partial charge on any atom is 0.127 e. The van der Waals surface area contributed by atoms with Crippen molar-refractivity contribution in [2.75, 3.05) is 0 Å². The summed E-state index contributed by atoms with van der Waals surface area (Å²) in [5.74, 6) is -0.318. The number of halogens is 4. The van der Waals surface area contributed by atoms with Gasteiger partial charge in [-0.05, 0) is 35.4 Å². The van der Waals surface area contributed by atoms with Crippen LogP contribution in [0.3, 0.4) is 0 Å². The molecule has 0 aliphatic carbocycles. The first-order valence-electron chi connectivity index (χ1n) is 5.54. The minimum absolute atomic E-state index is 0.235. The Hall–Kier alpha value is -0.230. The summed E-state index contributed by atoms with van der Waals surface area (Å²) in [6.07, 6.45) is -0.516. The topological polar surface area (TPSA) is 20.2 Å². The second kappa shape index (κ2) is 6.48. The van der Waals surface area contributed by atoms with Crippen molar-refractivity contribution in [3.05, 3.63) is 66.8 Å². The molecule has 1 N–H and O–H groups in total. The highest BCUT2D eigenvalue weighted by atomic mass is 79.9. The third-order valence-corrected chi connectivity index (χ3v) is 4.42. The Morgan fingerprint density at radius 3 is 2.26 bits per heavy atom. The lowest BCUT2D eigenvalue weighted by Crippen LogP contribution is -2.04. The van der Waals surface area contributed by atoms with E-state index in [4.69, 9.17) is 0 Å². The molecule has 0 saturated heterocycles. The number of aliphatic hydroxyl groups is 1. The maximum absolute atomic E-state index is 13.7. The molecule has 0 saturated carbocycles. The highest BCUT2D eigenvalue weighted by Crippen LogP contribution is 2.29. The Labute approximate surface area is 136 Å². The second-order valence-corrected chi connectivity index (χ2v) is 6.81. The Morgan fingerprint density at radius 2 is 1.63 bits per heavy atom. The Morgan fingerprint density at radius 1 is 1.00 bits per heavy atom. The fourth-order valence-electron chi connectivity index (χ4n) is 1.78. The van der Waals surface area contributed by atoms with Crippen molar-refractivity contribution >= 4 is 47.8 Å². The van der Waals surface area contributed by atoms with Crippen molar-refractivity contribution in [3.63, 3.8) is 0 Å². The molecule has 2 aromatic rings. The van der Waals surface area contributed by atoms with Gasteiger partial charge in [-0.1, -0.05) is 59.9 Å². The van der Waals surface area contributed by atoms with Crippen LogP contribution in [0.2, 0.25) is 0 Å². The van der Waals surface area contributed by atoms with Crippen molar-refractivity contribution < 1.29 is 9.50 Å². The first-order valence-corrected chi connectivity index (χ1v) is 7.92. The van der Waals surface area contributed by atoms with Gasteiger partial charge in [0.2, 0.25) is 0 Å². The molecule has 0 aliphatic rings. The summed E-state index contributed by atoms with van der Waals surface area (Å²) >= 11 is 9.97. The van der Waals surface area contributed by atoms with Gasteiger partial charge in [0.15, 0.2) is 0 Å². The largest absolute Gasteiger partial charge is 0.388 e. The monoisotopic (exact) mass is 450 g/mol. The first kappa shape index (κ1) is 15.2. The van der Waals surface area contributed by atoms with Crippen molar-refractivity contribution in [1.82, 2.24) is 0 Å². The summed E-state index contributed by atoms with van der Waals surface area (Å²) < 4.78 is 16.1. The maximum atomic E-state index is 13.7. The zero-order chi connectivity index (χ0) is 14.0. The molecule has 5 heteroatoms. The minimum atomic E-state index is -0.752. The van der Waals surface area contributed by atoms with E-state index in [0.29, 0.717) is 10.0 Å². The fraction of sp³-hybridized carbons (Fsp3) is 0.143. The molecule has 19 heavy (non-hydrogen) atoms. The number of aliphatic hydroxyl groups excluding tert-OH is 1. The Balaban J connectivity index is 2.23. The van der Waals surface area contributed by atoms with E-state index in [1.54, 1.807) is 12.1 Å². The third-order valence-electron chi connectivity index (χ3n) is 2.75. The van der Waals surface area contributed by atoms with Crippen LogP contribution in [0.25, 0.3) is 0 Å². The molecule has 0 aliphatic heterocycles. The zero-order valence-corrected chi connectivity index (χ0v) is 14.5. The lowest BCUT2D eigenvalue weighted by Gasteiger charge is -2.14. The molecule has 1 unspecified atom stereocenters. The molecule has 1 nitrogen and oxygen atoms in total. The summed E-state index contributed by atoms with van der Waals surface area (Å²) in [6, 6.07) is 10.4. The number of hydrogen-bond donors (Lipinski definition) is 1. The van der Waals surface area contributed by atoms with Gasteiger partial charge in [-0.3, -0.25) is 0 Å². The van der Waals surface area contributed by atoms with Gasteiger partial charge in [0, 0.05) is 19.8 Å². The van der Waals surface area contributed by atoms with Crippen LogP contribution >= 0.6 is 47.8 Å². The fourth-order valence-corrected chi connectivity index (χ4v) is 3.42. The second-order valence-electron chi connectivity index (χ2n) is 4.12. The third kappa shape index (κ3) is 3.88. The van der Waals surface area contributed by atoms with Gasteiger partial charge in [0.1, 0.15) is 5.82 Å². The molecule has 2 rings (SSSR count). The average molecular weight is 453 g/mol. The minimum Gasteiger partial charge on any atom is -0.388 e. The van der Waals surface area contributed by atoms with Gasteiger partial charge < -0.3 is 5.11 Å². The van der Waals surface area contributed by atoms with Gasteiger partial charge in [-0.15, -0.1) is 0 Å². The lowest BCUT2D eigenvalue weighted by atomic mass is 10.0. The number of rotatable bonds is 3. The first-order chi connectivity index (χ1) is 8.97. The van der Waals surface area contributed by atoms with Gasteiger partial charge in [-0.2, -0.15) is 0 Å².